The molecule has 0 unspecified atom stereocenters. The van der Waals surface area contributed by atoms with Crippen LogP contribution in [0.2, 0.25) is 0 Å². The van der Waals surface area contributed by atoms with Crippen molar-refractivity contribution < 1.29 is 5.11 Å². The standard InChI is InChI=1S/C14H22O.2C2H6/c1-13(2,3)10-8-7-9-11(12(10)15)14(4,5)6;2*1-2/h7-9,15H,1-6H3;2*1-2H3. The van der Waals surface area contributed by atoms with Crippen molar-refractivity contribution in [3.8, 4) is 5.75 Å². The molecule has 1 heteroatoms. The molecule has 0 aliphatic rings. The third-order valence-corrected chi connectivity index (χ3v) is 2.65. The zero-order chi connectivity index (χ0) is 15.9. The summed E-state index contributed by atoms with van der Waals surface area (Å²) in [4.78, 5) is 0. The van der Waals surface area contributed by atoms with E-state index in [0.717, 1.165) is 11.1 Å². The Morgan fingerprint density at radius 3 is 1.16 bits per heavy atom. The molecule has 1 aromatic carbocycles. The molecule has 0 radical (unpaired) electrons. The second kappa shape index (κ2) is 8.24. The summed E-state index contributed by atoms with van der Waals surface area (Å²) in [7, 11) is 0. The molecule has 1 N–H and O–H groups in total. The highest BCUT2D eigenvalue weighted by molar-refractivity contribution is 5.46. The summed E-state index contributed by atoms with van der Waals surface area (Å²) in [6, 6.07) is 6.04. The molecule has 0 fully saturated rings. The molecule has 19 heavy (non-hydrogen) atoms. The van der Waals surface area contributed by atoms with Crippen molar-refractivity contribution in [3.05, 3.63) is 29.3 Å². The lowest BCUT2D eigenvalue weighted by atomic mass is 9.80. The van der Waals surface area contributed by atoms with Gasteiger partial charge >= 0.3 is 0 Å². The van der Waals surface area contributed by atoms with Gasteiger partial charge in [0.25, 0.3) is 0 Å². The number of phenols is 1. The molecule has 112 valence electrons. The molecule has 0 bridgehead atoms. The van der Waals surface area contributed by atoms with Crippen molar-refractivity contribution in [3.63, 3.8) is 0 Å². The lowest BCUT2D eigenvalue weighted by Gasteiger charge is -2.26. The Labute approximate surface area is 121 Å². The Bertz CT molecular complexity index is 319. The van der Waals surface area contributed by atoms with Crippen LogP contribution < -0.4 is 0 Å². The molecule has 0 aliphatic carbocycles. The third kappa shape index (κ3) is 6.13. The van der Waals surface area contributed by atoms with Crippen molar-refractivity contribution in [1.82, 2.24) is 0 Å². The minimum absolute atomic E-state index is 0.00859. The molecule has 0 aromatic heterocycles. The zero-order valence-electron chi connectivity index (χ0n) is 14.7. The van der Waals surface area contributed by atoms with Gasteiger partial charge < -0.3 is 5.11 Å². The Hall–Kier alpha value is -0.980. The monoisotopic (exact) mass is 266 g/mol. The number of para-hydroxylation sites is 1. The number of hydrogen-bond donors (Lipinski definition) is 1. The van der Waals surface area contributed by atoms with Gasteiger partial charge in [-0.3, -0.25) is 0 Å². The molecule has 0 spiro atoms. The summed E-state index contributed by atoms with van der Waals surface area (Å²) in [6.45, 7) is 20.7. The van der Waals surface area contributed by atoms with Gasteiger partial charge in [-0.25, -0.2) is 0 Å². The minimum atomic E-state index is -0.00859. The van der Waals surface area contributed by atoms with Crippen LogP contribution >= 0.6 is 0 Å². The zero-order valence-corrected chi connectivity index (χ0v) is 14.7. The minimum Gasteiger partial charge on any atom is -0.507 e. The molecule has 0 heterocycles. The smallest absolute Gasteiger partial charge is 0.123 e. The van der Waals surface area contributed by atoms with Gasteiger partial charge in [0, 0.05) is 0 Å². The lowest BCUT2D eigenvalue weighted by Crippen LogP contribution is -2.16. The van der Waals surface area contributed by atoms with Gasteiger partial charge in [-0.15, -0.1) is 0 Å². The van der Waals surface area contributed by atoms with Crippen LogP contribution in [0.4, 0.5) is 0 Å². The number of phenolic OH excluding ortho intramolecular Hbond substituents is 1. The molecule has 1 nitrogen and oxygen atoms in total. The second-order valence-corrected chi connectivity index (χ2v) is 6.20. The van der Waals surface area contributed by atoms with Crippen molar-refractivity contribution in [2.24, 2.45) is 0 Å². The van der Waals surface area contributed by atoms with E-state index in [1.165, 1.54) is 0 Å². The van der Waals surface area contributed by atoms with Crippen molar-refractivity contribution in [2.45, 2.75) is 80.1 Å². The van der Waals surface area contributed by atoms with Crippen LogP contribution in [0.15, 0.2) is 18.2 Å². The maximum absolute atomic E-state index is 10.3. The maximum atomic E-state index is 10.3. The van der Waals surface area contributed by atoms with E-state index in [1.807, 2.05) is 45.9 Å². The van der Waals surface area contributed by atoms with Crippen molar-refractivity contribution in [2.75, 3.05) is 0 Å². The quantitative estimate of drug-likeness (QED) is 0.607. The van der Waals surface area contributed by atoms with Crippen LogP contribution in [-0.2, 0) is 10.8 Å². The van der Waals surface area contributed by atoms with E-state index in [1.54, 1.807) is 0 Å². The van der Waals surface area contributed by atoms with Gasteiger partial charge in [0.2, 0.25) is 0 Å². The first-order valence-electron chi connectivity index (χ1n) is 7.47. The van der Waals surface area contributed by atoms with Crippen LogP contribution in [0.3, 0.4) is 0 Å². The van der Waals surface area contributed by atoms with Crippen LogP contribution in [0, 0.1) is 0 Å². The van der Waals surface area contributed by atoms with E-state index < -0.39 is 0 Å². The highest BCUT2D eigenvalue weighted by atomic mass is 16.3. The number of hydrogen-bond acceptors (Lipinski definition) is 1. The summed E-state index contributed by atoms with van der Waals surface area (Å²) in [5, 5.41) is 10.3. The predicted molar refractivity (Wildman–Crippen MR) is 88.2 cm³/mol. The number of benzene rings is 1. The highest BCUT2D eigenvalue weighted by Gasteiger charge is 2.24. The summed E-state index contributed by atoms with van der Waals surface area (Å²) >= 11 is 0. The highest BCUT2D eigenvalue weighted by Crippen LogP contribution is 2.38. The maximum Gasteiger partial charge on any atom is 0.123 e. The van der Waals surface area contributed by atoms with E-state index in [-0.39, 0.29) is 10.8 Å². The fourth-order valence-corrected chi connectivity index (χ4v) is 1.75. The third-order valence-electron chi connectivity index (χ3n) is 2.65. The molecule has 0 amide bonds. The lowest BCUT2D eigenvalue weighted by molar-refractivity contribution is 0.423. The largest absolute Gasteiger partial charge is 0.507 e. The van der Waals surface area contributed by atoms with Gasteiger partial charge in [0.05, 0.1) is 0 Å². The molecule has 0 saturated heterocycles. The average molecular weight is 266 g/mol. The molecule has 0 aliphatic heterocycles. The van der Waals surface area contributed by atoms with Gasteiger partial charge in [-0.1, -0.05) is 87.4 Å². The predicted octanol–water partition coefficient (Wildman–Crippen LogP) is 6.04. The van der Waals surface area contributed by atoms with E-state index in [0.29, 0.717) is 5.75 Å². The average Bonchev–Trinajstić information content (AvgIpc) is 2.31. The Morgan fingerprint density at radius 1 is 0.684 bits per heavy atom. The van der Waals surface area contributed by atoms with Gasteiger partial charge in [-0.2, -0.15) is 0 Å². The van der Waals surface area contributed by atoms with Gasteiger partial charge in [-0.05, 0) is 22.0 Å². The van der Waals surface area contributed by atoms with E-state index in [4.69, 9.17) is 0 Å². The van der Waals surface area contributed by atoms with Crippen LogP contribution in [0.1, 0.15) is 80.4 Å². The molecular weight excluding hydrogens is 232 g/mol. The number of rotatable bonds is 0. The first-order valence-corrected chi connectivity index (χ1v) is 7.47. The number of aromatic hydroxyl groups is 1. The molecule has 0 saturated carbocycles. The fraction of sp³-hybridized carbons (Fsp3) is 0.667. The Kier molecular flexibility index (Phi) is 8.82. The SMILES string of the molecule is CC.CC.CC(C)(C)c1cccc(C(C)(C)C)c1O. The van der Waals surface area contributed by atoms with Crippen molar-refractivity contribution >= 4 is 0 Å². The molecular formula is C18H34O. The molecule has 0 atom stereocenters. The fourth-order valence-electron chi connectivity index (χ4n) is 1.75. The van der Waals surface area contributed by atoms with Gasteiger partial charge in [0.15, 0.2) is 0 Å². The van der Waals surface area contributed by atoms with Crippen LogP contribution in [-0.4, -0.2) is 5.11 Å². The first kappa shape index (κ1) is 20.3. The van der Waals surface area contributed by atoms with Gasteiger partial charge in [0.1, 0.15) is 5.75 Å². The van der Waals surface area contributed by atoms with E-state index in [9.17, 15) is 5.11 Å². The molecule has 1 rings (SSSR count). The first-order chi connectivity index (χ1) is 8.64. The summed E-state index contributed by atoms with van der Waals surface area (Å²) < 4.78 is 0. The summed E-state index contributed by atoms with van der Waals surface area (Å²) in [5.41, 5.74) is 2.03. The topological polar surface area (TPSA) is 20.2 Å². The van der Waals surface area contributed by atoms with Crippen LogP contribution in [0.5, 0.6) is 5.75 Å². The second-order valence-electron chi connectivity index (χ2n) is 6.20. The Morgan fingerprint density at radius 2 is 0.947 bits per heavy atom. The summed E-state index contributed by atoms with van der Waals surface area (Å²) in [6.07, 6.45) is 0. The van der Waals surface area contributed by atoms with E-state index in [2.05, 4.69) is 41.5 Å². The summed E-state index contributed by atoms with van der Waals surface area (Å²) in [5.74, 6) is 0.456. The normalized spacial score (nSPS) is 10.8. The van der Waals surface area contributed by atoms with E-state index >= 15 is 0 Å². The Balaban J connectivity index is 0. The molecule has 1 aromatic rings. The van der Waals surface area contributed by atoms with Crippen LogP contribution in [0.25, 0.3) is 0 Å². The van der Waals surface area contributed by atoms with Crippen molar-refractivity contribution in [1.29, 1.82) is 0 Å².